The largest absolute Gasteiger partial charge is 0.343 e. The second-order valence-electron chi connectivity index (χ2n) is 9.14. The molecular weight excluding hydrogens is 571 g/mol. The van der Waals surface area contributed by atoms with E-state index in [4.69, 9.17) is 0 Å². The quantitative estimate of drug-likeness (QED) is 0.225. The van der Waals surface area contributed by atoms with Crippen LogP contribution in [0.25, 0.3) is 26.3 Å². The van der Waals surface area contributed by atoms with Crippen molar-refractivity contribution in [2.75, 3.05) is 19.5 Å². The molecule has 0 spiro atoms. The highest BCUT2D eigenvalue weighted by molar-refractivity contribution is 7.22. The van der Waals surface area contributed by atoms with Gasteiger partial charge >= 0.3 is 11.7 Å². The molecule has 2 aromatic heterocycles. The number of thiophene rings is 1. The summed E-state index contributed by atoms with van der Waals surface area (Å²) < 4.78 is 45.2. The van der Waals surface area contributed by atoms with Crippen molar-refractivity contribution in [1.82, 2.24) is 19.9 Å². The highest BCUT2D eigenvalue weighted by Gasteiger charge is 2.24. The third-order valence-electron chi connectivity index (χ3n) is 6.49. The predicted octanol–water partition coefficient (Wildman–Crippen LogP) is 4.75. The Kier molecular flexibility index (Phi) is 8.24. The molecule has 0 fully saturated rings. The van der Waals surface area contributed by atoms with E-state index >= 15 is 0 Å². The monoisotopic (exact) mass is 595 g/mol. The number of nitrogens with one attached hydrogen (secondary N) is 3. The van der Waals surface area contributed by atoms with Gasteiger partial charge in [0.25, 0.3) is 5.56 Å². The Labute approximate surface area is 240 Å². The van der Waals surface area contributed by atoms with E-state index in [1.165, 1.54) is 25.3 Å². The van der Waals surface area contributed by atoms with Crippen molar-refractivity contribution in [1.29, 1.82) is 0 Å². The summed E-state index contributed by atoms with van der Waals surface area (Å²) in [7, 11) is 3.00. The summed E-state index contributed by atoms with van der Waals surface area (Å²) >= 11 is 1.12. The van der Waals surface area contributed by atoms with Crippen molar-refractivity contribution >= 4 is 33.3 Å². The number of nitrogens with zero attached hydrogens (tertiary/aromatic N) is 2. The van der Waals surface area contributed by atoms with E-state index in [9.17, 15) is 27.6 Å². The molecule has 2 heterocycles. The van der Waals surface area contributed by atoms with Crippen LogP contribution in [0.2, 0.25) is 0 Å². The maximum absolute atomic E-state index is 14.7. The number of hydrogen-bond donors (Lipinski definition) is 3. The summed E-state index contributed by atoms with van der Waals surface area (Å²) in [6, 6.07) is 14.4. The minimum atomic E-state index is -0.845. The third kappa shape index (κ3) is 5.44. The summed E-state index contributed by atoms with van der Waals surface area (Å²) in [6.07, 6.45) is 0. The Morgan fingerprint density at radius 3 is 2.21 bits per heavy atom. The number of urea groups is 1. The van der Waals surface area contributed by atoms with Crippen LogP contribution in [0.5, 0.6) is 0 Å². The Hall–Kier alpha value is -4.72. The predicted molar refractivity (Wildman–Crippen MR) is 154 cm³/mol. The smallest absolute Gasteiger partial charge is 0.316 e. The molecule has 0 radical (unpaired) electrons. The molecule has 0 saturated heterocycles. The Bertz CT molecular complexity index is 1880. The molecular formula is C29H24F3N5O4S. The molecule has 2 amide bonds. The SMILES string of the molecule is CNCc1c(-c2ccc(NC(=O)NOC)cc2)sc2c1c(=O)n(-c1ccc(F)cc1)c(=O)n2Cc1c(F)cccc1F. The standard InChI is InChI=1S/C29H24F3N5O4S/c1-33-14-20-24-26(38)37(19-12-8-17(30)9-13-19)29(40)36(15-21-22(31)4-3-5-23(21)32)27(24)42-25(20)16-6-10-18(11-7-16)34-28(39)35-41-2/h3-13,33H,14-15H2,1-2H3,(H2,34,35,39). The third-order valence-corrected chi connectivity index (χ3v) is 7.79. The van der Waals surface area contributed by atoms with E-state index in [0.29, 0.717) is 21.7 Å². The Morgan fingerprint density at radius 1 is 0.929 bits per heavy atom. The lowest BCUT2D eigenvalue weighted by molar-refractivity contribution is 0.114. The summed E-state index contributed by atoms with van der Waals surface area (Å²) in [6.45, 7) is -0.276. The highest BCUT2D eigenvalue weighted by atomic mass is 32.1. The first kappa shape index (κ1) is 28.8. The van der Waals surface area contributed by atoms with Gasteiger partial charge in [-0.1, -0.05) is 18.2 Å². The summed E-state index contributed by atoms with van der Waals surface area (Å²) in [5.74, 6) is -2.25. The molecule has 0 saturated carbocycles. The van der Waals surface area contributed by atoms with Gasteiger partial charge in [0, 0.05) is 22.7 Å². The number of carbonyl (C=O) groups is 1. The van der Waals surface area contributed by atoms with Gasteiger partial charge in [0.1, 0.15) is 22.3 Å². The molecule has 3 N–H and O–H groups in total. The highest BCUT2D eigenvalue weighted by Crippen LogP contribution is 2.38. The number of fused-ring (bicyclic) bond motifs is 1. The number of anilines is 1. The Morgan fingerprint density at radius 2 is 1.60 bits per heavy atom. The van der Waals surface area contributed by atoms with Crippen molar-refractivity contribution < 1.29 is 22.8 Å². The molecule has 5 rings (SSSR count). The molecule has 0 unspecified atom stereocenters. The van der Waals surface area contributed by atoms with Crippen LogP contribution < -0.4 is 27.4 Å². The summed E-state index contributed by atoms with van der Waals surface area (Å²) in [4.78, 5) is 45.1. The molecule has 216 valence electrons. The van der Waals surface area contributed by atoms with E-state index < -0.39 is 41.3 Å². The second kappa shape index (κ2) is 12.0. The minimum Gasteiger partial charge on any atom is -0.316 e. The molecule has 9 nitrogen and oxygen atoms in total. The number of hydrogen-bond acceptors (Lipinski definition) is 6. The normalized spacial score (nSPS) is 11.2. The van der Waals surface area contributed by atoms with Gasteiger partial charge in [-0.3, -0.25) is 14.2 Å². The van der Waals surface area contributed by atoms with Crippen molar-refractivity contribution in [3.8, 4) is 16.1 Å². The van der Waals surface area contributed by atoms with Crippen molar-refractivity contribution in [3.05, 3.63) is 116 Å². The molecule has 13 heteroatoms. The first-order chi connectivity index (χ1) is 20.2. The number of hydroxylamine groups is 1. The van der Waals surface area contributed by atoms with Crippen LogP contribution in [-0.4, -0.2) is 29.3 Å². The zero-order chi connectivity index (χ0) is 30.0. The van der Waals surface area contributed by atoms with Gasteiger partial charge < -0.3 is 10.6 Å². The summed E-state index contributed by atoms with van der Waals surface area (Å²) in [5, 5.41) is 5.82. The molecule has 0 aliphatic rings. The van der Waals surface area contributed by atoms with E-state index in [1.54, 1.807) is 31.3 Å². The minimum absolute atomic E-state index is 0.101. The van der Waals surface area contributed by atoms with Crippen LogP contribution in [0.15, 0.2) is 76.3 Å². The van der Waals surface area contributed by atoms with Gasteiger partial charge in [-0.25, -0.2) is 32.8 Å². The van der Waals surface area contributed by atoms with Crippen molar-refractivity contribution in [2.45, 2.75) is 13.1 Å². The molecule has 0 aliphatic carbocycles. The lowest BCUT2D eigenvalue weighted by atomic mass is 10.1. The van der Waals surface area contributed by atoms with Gasteiger partial charge in [-0.05, 0) is 66.7 Å². The van der Waals surface area contributed by atoms with Gasteiger partial charge in [0.05, 0.1) is 24.7 Å². The van der Waals surface area contributed by atoms with Crippen LogP contribution in [0.4, 0.5) is 23.7 Å². The van der Waals surface area contributed by atoms with Crippen LogP contribution in [0.3, 0.4) is 0 Å². The van der Waals surface area contributed by atoms with E-state index in [1.807, 2.05) is 0 Å². The van der Waals surface area contributed by atoms with Crippen molar-refractivity contribution in [3.63, 3.8) is 0 Å². The van der Waals surface area contributed by atoms with E-state index in [-0.39, 0.29) is 28.0 Å². The average molecular weight is 596 g/mol. The maximum Gasteiger partial charge on any atom is 0.343 e. The van der Waals surface area contributed by atoms with E-state index in [0.717, 1.165) is 44.7 Å². The average Bonchev–Trinajstić information content (AvgIpc) is 3.33. The fraction of sp³-hybridized carbons (Fsp3) is 0.138. The lowest BCUT2D eigenvalue weighted by Gasteiger charge is -2.14. The molecule has 5 aromatic rings. The number of rotatable bonds is 8. The van der Waals surface area contributed by atoms with Crippen LogP contribution >= 0.6 is 11.3 Å². The Balaban J connectivity index is 1.77. The van der Waals surface area contributed by atoms with Gasteiger partial charge in [-0.2, -0.15) is 0 Å². The summed E-state index contributed by atoms with van der Waals surface area (Å²) in [5.41, 5.74) is 2.10. The van der Waals surface area contributed by atoms with Crippen LogP contribution in [0.1, 0.15) is 11.1 Å². The lowest BCUT2D eigenvalue weighted by Crippen LogP contribution is -2.39. The fourth-order valence-electron chi connectivity index (χ4n) is 4.60. The van der Waals surface area contributed by atoms with Gasteiger partial charge in [0.15, 0.2) is 0 Å². The number of carbonyl (C=O) groups excluding carboxylic acids is 1. The first-order valence-electron chi connectivity index (χ1n) is 12.6. The van der Waals surface area contributed by atoms with Crippen LogP contribution in [0, 0.1) is 17.5 Å². The maximum atomic E-state index is 14.7. The van der Waals surface area contributed by atoms with Gasteiger partial charge in [-0.15, -0.1) is 11.3 Å². The zero-order valence-electron chi connectivity index (χ0n) is 22.3. The topological polar surface area (TPSA) is 106 Å². The fourth-order valence-corrected chi connectivity index (χ4v) is 5.91. The zero-order valence-corrected chi connectivity index (χ0v) is 23.2. The number of benzene rings is 3. The molecule has 42 heavy (non-hydrogen) atoms. The van der Waals surface area contributed by atoms with Gasteiger partial charge in [0.2, 0.25) is 0 Å². The number of aromatic nitrogens is 2. The molecule has 0 atom stereocenters. The van der Waals surface area contributed by atoms with E-state index in [2.05, 4.69) is 21.0 Å². The number of halogens is 3. The number of amides is 2. The molecule has 0 aliphatic heterocycles. The first-order valence-corrected chi connectivity index (χ1v) is 13.4. The molecule has 0 bridgehead atoms. The second-order valence-corrected chi connectivity index (χ2v) is 10.1. The molecule has 3 aromatic carbocycles. The van der Waals surface area contributed by atoms with Crippen molar-refractivity contribution in [2.24, 2.45) is 0 Å². The van der Waals surface area contributed by atoms with Crippen LogP contribution in [-0.2, 0) is 17.9 Å².